The molecule has 0 radical (unpaired) electrons. The van der Waals surface area contributed by atoms with Gasteiger partial charge in [0.25, 0.3) is 0 Å². The minimum atomic E-state index is -0.432. The summed E-state index contributed by atoms with van der Waals surface area (Å²) >= 11 is 0. The Bertz CT molecular complexity index is 882. The van der Waals surface area contributed by atoms with Gasteiger partial charge in [-0.1, -0.05) is 110 Å². The van der Waals surface area contributed by atoms with Gasteiger partial charge in [0.15, 0.2) is 0 Å². The molecule has 4 heteroatoms. The van der Waals surface area contributed by atoms with E-state index in [0.29, 0.717) is 0 Å². The summed E-state index contributed by atoms with van der Waals surface area (Å²) in [6.45, 7) is 7.56. The van der Waals surface area contributed by atoms with Crippen LogP contribution in [-0.2, 0) is 12.8 Å². The maximum absolute atomic E-state index is 11.3. The molecular formula is C35H59ClN2O. The fraction of sp³-hybridized carbons (Fsp3) is 0.743. The van der Waals surface area contributed by atoms with E-state index in [1.807, 2.05) is 0 Å². The first-order valence-corrected chi connectivity index (χ1v) is 16.5. The normalized spacial score (nSPS) is 13.9. The van der Waals surface area contributed by atoms with Crippen LogP contribution in [0.25, 0.3) is 10.9 Å². The summed E-state index contributed by atoms with van der Waals surface area (Å²) in [6.07, 6.45) is 26.0. The number of hydrogen-bond donors (Lipinski definition) is 1. The van der Waals surface area contributed by atoms with Crippen LogP contribution in [0.5, 0.6) is 0 Å². The lowest BCUT2D eigenvalue weighted by Gasteiger charge is -2.26. The molecule has 0 amide bonds. The van der Waals surface area contributed by atoms with Crippen molar-refractivity contribution in [3.05, 3.63) is 41.1 Å². The molecule has 0 fully saturated rings. The predicted molar refractivity (Wildman–Crippen MR) is 172 cm³/mol. The molecule has 0 aliphatic heterocycles. The van der Waals surface area contributed by atoms with Crippen molar-refractivity contribution in [3.8, 4) is 0 Å². The molecule has 0 spiro atoms. The van der Waals surface area contributed by atoms with Crippen molar-refractivity contribution in [1.29, 1.82) is 0 Å². The maximum atomic E-state index is 11.3. The van der Waals surface area contributed by atoms with Crippen molar-refractivity contribution in [3.63, 3.8) is 0 Å². The minimum Gasteiger partial charge on any atom is -0.387 e. The smallest absolute Gasteiger partial charge is 0.0917 e. The highest BCUT2D eigenvalue weighted by Gasteiger charge is 2.16. The van der Waals surface area contributed by atoms with Crippen molar-refractivity contribution in [2.75, 3.05) is 19.6 Å². The number of aliphatic hydroxyl groups excluding tert-OH is 1. The summed E-state index contributed by atoms with van der Waals surface area (Å²) in [5.74, 6) is 0. The van der Waals surface area contributed by atoms with E-state index in [1.54, 1.807) is 0 Å². The van der Waals surface area contributed by atoms with Gasteiger partial charge in [0, 0.05) is 17.6 Å². The van der Waals surface area contributed by atoms with E-state index in [2.05, 4.69) is 43.0 Å². The van der Waals surface area contributed by atoms with E-state index in [0.717, 1.165) is 43.6 Å². The van der Waals surface area contributed by atoms with E-state index >= 15 is 0 Å². The molecule has 1 aromatic heterocycles. The monoisotopic (exact) mass is 558 g/mol. The third-order valence-corrected chi connectivity index (χ3v) is 8.59. The summed E-state index contributed by atoms with van der Waals surface area (Å²) in [4.78, 5) is 7.50. The van der Waals surface area contributed by atoms with E-state index in [9.17, 15) is 5.11 Å². The number of aryl methyl sites for hydroxylation is 2. The Labute approximate surface area is 247 Å². The van der Waals surface area contributed by atoms with Crippen LogP contribution in [-0.4, -0.2) is 34.6 Å². The van der Waals surface area contributed by atoms with Crippen molar-refractivity contribution in [2.45, 2.75) is 148 Å². The molecule has 3 nitrogen and oxygen atoms in total. The molecular weight excluding hydrogens is 500 g/mol. The standard InChI is InChI=1S/C35H58N2O.ClH/c1-3-5-7-9-11-13-15-19-25-37(26-20-16-14-12-10-8-6-4-2)29-35(38)31-23-24-34-32(28-31)27-30-21-17-18-22-33(30)36-34;/h23-24,27-28,35,38H,3-22,25-26,29H2,1-2H3;1H. The Kier molecular flexibility index (Phi) is 18.0. The minimum absolute atomic E-state index is 0. The van der Waals surface area contributed by atoms with Gasteiger partial charge < -0.3 is 10.0 Å². The first-order chi connectivity index (χ1) is 18.7. The molecule has 1 atom stereocenters. The zero-order valence-electron chi connectivity index (χ0n) is 25.4. The zero-order chi connectivity index (χ0) is 26.8. The number of halogens is 1. The summed E-state index contributed by atoms with van der Waals surface area (Å²) in [6, 6.07) is 8.78. The summed E-state index contributed by atoms with van der Waals surface area (Å²) in [5.41, 5.74) is 4.84. The van der Waals surface area contributed by atoms with Gasteiger partial charge in [0.2, 0.25) is 0 Å². The van der Waals surface area contributed by atoms with Crippen LogP contribution >= 0.6 is 12.4 Å². The van der Waals surface area contributed by atoms with Crippen LogP contribution < -0.4 is 0 Å². The van der Waals surface area contributed by atoms with E-state index in [-0.39, 0.29) is 12.4 Å². The fourth-order valence-electron chi connectivity index (χ4n) is 6.11. The number of aromatic nitrogens is 1. The van der Waals surface area contributed by atoms with Gasteiger partial charge in [-0.05, 0) is 80.9 Å². The van der Waals surface area contributed by atoms with Gasteiger partial charge in [0.05, 0.1) is 11.6 Å². The molecule has 3 rings (SSSR count). The van der Waals surface area contributed by atoms with E-state index in [4.69, 9.17) is 4.98 Å². The highest BCUT2D eigenvalue weighted by Crippen LogP contribution is 2.26. The molecule has 0 bridgehead atoms. The predicted octanol–water partition coefficient (Wildman–Crippen LogP) is 10.2. The molecule has 1 heterocycles. The number of rotatable bonds is 21. The topological polar surface area (TPSA) is 36.4 Å². The lowest BCUT2D eigenvalue weighted by molar-refractivity contribution is 0.110. The Hall–Kier alpha value is -1.16. The molecule has 2 aromatic rings. The average molecular weight is 559 g/mol. The van der Waals surface area contributed by atoms with Crippen LogP contribution in [0.2, 0.25) is 0 Å². The molecule has 39 heavy (non-hydrogen) atoms. The van der Waals surface area contributed by atoms with Gasteiger partial charge in [-0.25, -0.2) is 0 Å². The highest BCUT2D eigenvalue weighted by molar-refractivity contribution is 5.85. The largest absolute Gasteiger partial charge is 0.387 e. The lowest BCUT2D eigenvalue weighted by atomic mass is 9.94. The number of pyridine rings is 1. The zero-order valence-corrected chi connectivity index (χ0v) is 26.2. The Balaban J connectivity index is 0.00000533. The number of hydrogen-bond acceptors (Lipinski definition) is 3. The Morgan fingerprint density at radius 1 is 0.718 bits per heavy atom. The first-order valence-electron chi connectivity index (χ1n) is 16.5. The lowest BCUT2D eigenvalue weighted by Crippen LogP contribution is -2.31. The van der Waals surface area contributed by atoms with E-state index in [1.165, 1.54) is 132 Å². The Morgan fingerprint density at radius 2 is 1.26 bits per heavy atom. The maximum Gasteiger partial charge on any atom is 0.0917 e. The summed E-state index contributed by atoms with van der Waals surface area (Å²) in [7, 11) is 0. The molecule has 222 valence electrons. The van der Waals surface area contributed by atoms with Crippen molar-refractivity contribution in [2.24, 2.45) is 0 Å². The molecule has 1 N–H and O–H groups in total. The van der Waals surface area contributed by atoms with Crippen LogP contribution in [0.1, 0.15) is 152 Å². The number of nitrogens with zero attached hydrogens (tertiary/aromatic N) is 2. The summed E-state index contributed by atoms with van der Waals surface area (Å²) < 4.78 is 0. The van der Waals surface area contributed by atoms with Crippen LogP contribution in [0.4, 0.5) is 0 Å². The third kappa shape index (κ3) is 12.9. The Morgan fingerprint density at radius 3 is 1.85 bits per heavy atom. The van der Waals surface area contributed by atoms with Crippen molar-refractivity contribution in [1.82, 2.24) is 9.88 Å². The SMILES string of the molecule is CCCCCCCCCCN(CCCCCCCCCC)CC(O)c1ccc2nc3c(cc2c1)CCCC3.Cl. The van der Waals surface area contributed by atoms with Crippen molar-refractivity contribution < 1.29 is 5.11 Å². The molecule has 0 saturated heterocycles. The van der Waals surface area contributed by atoms with Crippen LogP contribution in [0, 0.1) is 0 Å². The third-order valence-electron chi connectivity index (χ3n) is 8.59. The van der Waals surface area contributed by atoms with Crippen LogP contribution in [0.15, 0.2) is 24.3 Å². The van der Waals surface area contributed by atoms with Gasteiger partial charge in [-0.15, -0.1) is 12.4 Å². The van der Waals surface area contributed by atoms with Crippen molar-refractivity contribution >= 4 is 23.3 Å². The van der Waals surface area contributed by atoms with Crippen LogP contribution in [0.3, 0.4) is 0 Å². The van der Waals surface area contributed by atoms with Gasteiger partial charge in [-0.3, -0.25) is 4.98 Å². The highest BCUT2D eigenvalue weighted by atomic mass is 35.5. The van der Waals surface area contributed by atoms with Gasteiger partial charge >= 0.3 is 0 Å². The second-order valence-electron chi connectivity index (χ2n) is 12.0. The number of unbranched alkanes of at least 4 members (excludes halogenated alkanes) is 14. The van der Waals surface area contributed by atoms with E-state index < -0.39 is 6.10 Å². The molecule has 1 aliphatic carbocycles. The molecule has 1 unspecified atom stereocenters. The average Bonchev–Trinajstić information content (AvgIpc) is 2.94. The molecule has 1 aromatic carbocycles. The molecule has 1 aliphatic rings. The summed E-state index contributed by atoms with van der Waals surface area (Å²) in [5, 5.41) is 12.5. The second-order valence-corrected chi connectivity index (χ2v) is 12.0. The number of fused-ring (bicyclic) bond motifs is 2. The quantitative estimate of drug-likeness (QED) is 0.155. The second kappa shape index (κ2) is 20.7. The number of aliphatic hydroxyl groups is 1. The van der Waals surface area contributed by atoms with Gasteiger partial charge in [0.1, 0.15) is 0 Å². The first kappa shape index (κ1) is 34.0. The molecule has 0 saturated carbocycles. The fourth-order valence-corrected chi connectivity index (χ4v) is 6.11. The van der Waals surface area contributed by atoms with Gasteiger partial charge in [-0.2, -0.15) is 0 Å². The number of benzene rings is 1.